The van der Waals surface area contributed by atoms with Crippen LogP contribution in [0.15, 0.2) is 0 Å². The van der Waals surface area contributed by atoms with E-state index in [-0.39, 0.29) is 0 Å². The van der Waals surface area contributed by atoms with Crippen molar-refractivity contribution >= 4 is 22.8 Å². The fourth-order valence-corrected chi connectivity index (χ4v) is 2.86. The number of methoxy groups -OCH3 is 1. The Hall–Kier alpha value is -0.850. The van der Waals surface area contributed by atoms with Gasteiger partial charge in [0.2, 0.25) is 5.24 Å². The lowest BCUT2D eigenvalue weighted by atomic mass is 9.76. The molecule has 1 heterocycles. The van der Waals surface area contributed by atoms with Gasteiger partial charge in [-0.05, 0) is 11.6 Å². The Labute approximate surface area is 136 Å². The average Bonchev–Trinajstić information content (AvgIpc) is 2.49. The molecule has 0 spiro atoms. The predicted molar refractivity (Wildman–Crippen MR) is 74.4 cm³/mol. The van der Waals surface area contributed by atoms with Gasteiger partial charge in [0.05, 0.1) is 25.2 Å². The Kier molecular flexibility index (Phi) is 6.47. The van der Waals surface area contributed by atoms with Gasteiger partial charge in [0.25, 0.3) is 5.79 Å². The summed E-state index contributed by atoms with van der Waals surface area (Å²) in [5.41, 5.74) is 3.50. The number of carboxylic acids is 1. The maximum Gasteiger partial charge on any atom is 0.364 e. The number of carbonyl (C=O) groups excluding carboxylic acids is 1. The number of aliphatic carboxylic acids is 1. The lowest BCUT2D eigenvalue weighted by Crippen LogP contribution is -2.74. The molecule has 0 radical (unpaired) electrons. The van der Waals surface area contributed by atoms with Gasteiger partial charge in [-0.3, -0.25) is 4.79 Å². The summed E-state index contributed by atoms with van der Waals surface area (Å²) >= 11 is 5.32. The predicted octanol–water partition coefficient (Wildman–Crippen LogP) is -2.87. The van der Waals surface area contributed by atoms with Crippen molar-refractivity contribution in [3.8, 4) is 0 Å². The number of aliphatic hydroxyl groups is 4. The molecule has 0 aromatic heterocycles. The SMILES string of the molecule is CO[C@@]1(C(=O)O)C[C@H](O)[C@@H](N)[C@](CC(=O)Cl)([C@H](O)[C@H](O)CO)O1. The van der Waals surface area contributed by atoms with Gasteiger partial charge in [0, 0.05) is 13.5 Å². The number of rotatable bonds is 7. The second-order valence-electron chi connectivity index (χ2n) is 5.34. The quantitative estimate of drug-likeness (QED) is 0.259. The summed E-state index contributed by atoms with van der Waals surface area (Å²) in [5, 5.41) is 47.3. The summed E-state index contributed by atoms with van der Waals surface area (Å²) in [6.07, 6.45) is -6.82. The number of carboxylic acid groups (broad SMARTS) is 1. The summed E-state index contributed by atoms with van der Waals surface area (Å²) in [7, 11) is 0.986. The third kappa shape index (κ3) is 3.64. The third-order valence-corrected chi connectivity index (χ3v) is 4.07. The number of hydrogen-bond acceptors (Lipinski definition) is 9. The van der Waals surface area contributed by atoms with E-state index in [2.05, 4.69) is 0 Å². The van der Waals surface area contributed by atoms with Crippen LogP contribution in [0.4, 0.5) is 0 Å². The van der Waals surface area contributed by atoms with E-state index in [4.69, 9.17) is 31.9 Å². The van der Waals surface area contributed by atoms with Crippen molar-refractivity contribution in [2.24, 2.45) is 5.73 Å². The first-order valence-corrected chi connectivity index (χ1v) is 7.01. The number of aliphatic hydroxyl groups excluding tert-OH is 4. The van der Waals surface area contributed by atoms with Crippen molar-refractivity contribution in [1.29, 1.82) is 0 Å². The second kappa shape index (κ2) is 7.36. The number of nitrogens with two attached hydrogens (primary N) is 1. The lowest BCUT2D eigenvalue weighted by molar-refractivity contribution is -0.338. The maximum atomic E-state index is 11.5. The van der Waals surface area contributed by atoms with Crippen LogP contribution in [0.5, 0.6) is 0 Å². The molecule has 1 rings (SSSR count). The Balaban J connectivity index is 3.43. The van der Waals surface area contributed by atoms with E-state index in [1.54, 1.807) is 0 Å². The molecule has 0 bridgehead atoms. The van der Waals surface area contributed by atoms with Crippen LogP contribution in [0, 0.1) is 0 Å². The van der Waals surface area contributed by atoms with Gasteiger partial charge in [-0.2, -0.15) is 0 Å². The van der Waals surface area contributed by atoms with Crippen molar-refractivity contribution in [1.82, 2.24) is 0 Å². The number of ether oxygens (including phenoxy) is 2. The van der Waals surface area contributed by atoms with Crippen molar-refractivity contribution in [2.45, 2.75) is 48.6 Å². The van der Waals surface area contributed by atoms with E-state index in [1.165, 1.54) is 0 Å². The van der Waals surface area contributed by atoms with Gasteiger partial charge in [-0.25, -0.2) is 4.79 Å². The minimum atomic E-state index is -2.42. The zero-order valence-electron chi connectivity index (χ0n) is 12.3. The molecule has 0 aliphatic carbocycles. The molecule has 134 valence electrons. The van der Waals surface area contributed by atoms with E-state index < -0.39 is 66.4 Å². The lowest BCUT2D eigenvalue weighted by Gasteiger charge is -2.52. The first-order chi connectivity index (χ1) is 10.6. The molecular weight excluding hydrogens is 338 g/mol. The highest BCUT2D eigenvalue weighted by Gasteiger charge is 2.62. The smallest absolute Gasteiger partial charge is 0.364 e. The Bertz CT molecular complexity index is 464. The van der Waals surface area contributed by atoms with Gasteiger partial charge in [0.1, 0.15) is 17.8 Å². The normalized spacial score (nSPS) is 37.2. The summed E-state index contributed by atoms with van der Waals surface area (Å²) < 4.78 is 10.1. The zero-order chi connectivity index (χ0) is 18.0. The first-order valence-electron chi connectivity index (χ1n) is 6.64. The summed E-state index contributed by atoms with van der Waals surface area (Å²) in [4.78, 5) is 22.8. The minimum Gasteiger partial charge on any atom is -0.477 e. The van der Waals surface area contributed by atoms with Crippen LogP contribution in [-0.4, -0.2) is 86.2 Å². The first kappa shape index (κ1) is 20.2. The molecule has 10 nitrogen and oxygen atoms in total. The van der Waals surface area contributed by atoms with E-state index in [1.807, 2.05) is 0 Å². The van der Waals surface area contributed by atoms with E-state index in [0.717, 1.165) is 7.11 Å². The van der Waals surface area contributed by atoms with E-state index in [0.29, 0.717) is 0 Å². The van der Waals surface area contributed by atoms with Crippen LogP contribution < -0.4 is 5.73 Å². The molecule has 1 fully saturated rings. The Morgan fingerprint density at radius 3 is 2.43 bits per heavy atom. The number of halogens is 1. The van der Waals surface area contributed by atoms with Gasteiger partial charge in [0.15, 0.2) is 0 Å². The molecule has 0 amide bonds. The zero-order valence-corrected chi connectivity index (χ0v) is 13.0. The van der Waals surface area contributed by atoms with Crippen molar-refractivity contribution in [2.75, 3.05) is 13.7 Å². The summed E-state index contributed by atoms with van der Waals surface area (Å²) in [6.45, 7) is -0.932. The molecular formula is C12H20ClNO9. The van der Waals surface area contributed by atoms with E-state index >= 15 is 0 Å². The second-order valence-corrected chi connectivity index (χ2v) is 5.76. The molecule has 0 unspecified atom stereocenters. The van der Waals surface area contributed by atoms with Gasteiger partial charge in [-0.15, -0.1) is 0 Å². The molecule has 11 heteroatoms. The standard InChI is InChI=1S/C12H20ClNO9/c1-22-12(10(20)21)2-5(16)8(14)11(23-12,3-7(13)18)9(19)6(17)4-15/h5-6,8-9,15-17,19H,2-4,14H2,1H3,(H,20,21)/t5-,6+,8+,9+,11+,12-/m0/s1. The van der Waals surface area contributed by atoms with Crippen LogP contribution in [-0.2, 0) is 19.1 Å². The van der Waals surface area contributed by atoms with Crippen LogP contribution in [0.1, 0.15) is 12.8 Å². The molecule has 0 aromatic rings. The Morgan fingerprint density at radius 2 is 2.04 bits per heavy atom. The topological polar surface area (TPSA) is 180 Å². The summed E-state index contributed by atoms with van der Waals surface area (Å²) in [6, 6.07) is -1.48. The van der Waals surface area contributed by atoms with Crippen LogP contribution >= 0.6 is 11.6 Å². The molecule has 0 saturated carbocycles. The van der Waals surface area contributed by atoms with Crippen molar-refractivity contribution in [3.63, 3.8) is 0 Å². The average molecular weight is 358 g/mol. The minimum absolute atomic E-state index is 0.583. The van der Waals surface area contributed by atoms with Crippen LogP contribution in [0.3, 0.4) is 0 Å². The molecule has 1 saturated heterocycles. The number of carbonyl (C=O) groups is 2. The molecule has 0 aromatic carbocycles. The van der Waals surface area contributed by atoms with E-state index in [9.17, 15) is 30.0 Å². The highest BCUT2D eigenvalue weighted by Crippen LogP contribution is 2.41. The molecule has 1 aliphatic heterocycles. The van der Waals surface area contributed by atoms with Crippen molar-refractivity contribution in [3.05, 3.63) is 0 Å². The fourth-order valence-electron chi connectivity index (χ4n) is 2.65. The van der Waals surface area contributed by atoms with Gasteiger partial charge in [-0.1, -0.05) is 0 Å². The molecule has 7 N–H and O–H groups in total. The highest BCUT2D eigenvalue weighted by atomic mass is 35.5. The highest BCUT2D eigenvalue weighted by molar-refractivity contribution is 6.63. The number of hydrogen-bond donors (Lipinski definition) is 6. The van der Waals surface area contributed by atoms with Gasteiger partial charge < -0.3 is 40.7 Å². The van der Waals surface area contributed by atoms with Crippen LogP contribution in [0.25, 0.3) is 0 Å². The monoisotopic (exact) mass is 357 g/mol. The fraction of sp³-hybridized carbons (Fsp3) is 0.833. The molecule has 6 atom stereocenters. The maximum absolute atomic E-state index is 11.5. The van der Waals surface area contributed by atoms with Gasteiger partial charge >= 0.3 is 5.97 Å². The molecule has 1 aliphatic rings. The molecule has 23 heavy (non-hydrogen) atoms. The Morgan fingerprint density at radius 1 is 1.48 bits per heavy atom. The third-order valence-electron chi connectivity index (χ3n) is 3.93. The summed E-state index contributed by atoms with van der Waals surface area (Å²) in [5.74, 6) is -4.05. The van der Waals surface area contributed by atoms with Crippen molar-refractivity contribution < 1.29 is 44.6 Å². The van der Waals surface area contributed by atoms with Crippen LogP contribution in [0.2, 0.25) is 0 Å². The largest absolute Gasteiger partial charge is 0.477 e.